The van der Waals surface area contributed by atoms with E-state index < -0.39 is 0 Å². The quantitative estimate of drug-likeness (QED) is 0.422. The van der Waals surface area contributed by atoms with Gasteiger partial charge < -0.3 is 9.64 Å². The Morgan fingerprint density at radius 2 is 1.80 bits per heavy atom. The topological polar surface area (TPSA) is 63.7 Å². The van der Waals surface area contributed by atoms with Crippen LogP contribution in [-0.4, -0.2) is 69.1 Å². The Morgan fingerprint density at radius 1 is 1.00 bits per heavy atom. The van der Waals surface area contributed by atoms with Crippen LogP contribution in [0.2, 0.25) is 0 Å². The van der Waals surface area contributed by atoms with E-state index in [-0.39, 0.29) is 5.82 Å². The van der Waals surface area contributed by atoms with Crippen LogP contribution in [-0.2, 0) is 0 Å². The number of hydrogen-bond acceptors (Lipinski definition) is 6. The molecule has 9 heteroatoms. The third-order valence-electron chi connectivity index (χ3n) is 7.22. The van der Waals surface area contributed by atoms with Crippen molar-refractivity contribution < 1.29 is 9.13 Å². The first kappa shape index (κ1) is 22.0. The summed E-state index contributed by atoms with van der Waals surface area (Å²) in [6, 6.07) is 5.31. The highest BCUT2D eigenvalue weighted by molar-refractivity contribution is 5.68. The molecule has 1 saturated heterocycles. The van der Waals surface area contributed by atoms with Crippen LogP contribution in [0.5, 0.6) is 5.75 Å². The Labute approximate surface area is 203 Å². The normalized spacial score (nSPS) is 16.9. The Bertz CT molecular complexity index is 1380. The molecule has 1 aromatic carbocycles. The lowest BCUT2D eigenvalue weighted by Gasteiger charge is -2.36. The number of aryl methyl sites for hydroxylation is 2. The predicted molar refractivity (Wildman–Crippen MR) is 133 cm³/mol. The number of nitrogens with zero attached hydrogens (tertiary/aromatic N) is 7. The number of pyridine rings is 1. The molecule has 1 aliphatic carbocycles. The van der Waals surface area contributed by atoms with Gasteiger partial charge in [-0.25, -0.2) is 14.1 Å². The Morgan fingerprint density at radius 3 is 2.54 bits per heavy atom. The van der Waals surface area contributed by atoms with Gasteiger partial charge in [-0.1, -0.05) is 5.21 Å². The van der Waals surface area contributed by atoms with Crippen molar-refractivity contribution in [2.75, 3.05) is 44.7 Å². The van der Waals surface area contributed by atoms with E-state index >= 15 is 0 Å². The summed E-state index contributed by atoms with van der Waals surface area (Å²) in [4.78, 5) is 9.57. The summed E-state index contributed by atoms with van der Waals surface area (Å²) in [5.41, 5.74) is 5.58. The molecule has 0 radical (unpaired) electrons. The number of methoxy groups -OCH3 is 1. The predicted octanol–water partition coefficient (Wildman–Crippen LogP) is 3.88. The van der Waals surface area contributed by atoms with E-state index in [2.05, 4.69) is 31.3 Å². The molecule has 8 nitrogen and oxygen atoms in total. The molecule has 3 aromatic heterocycles. The minimum atomic E-state index is -0.219. The smallest absolute Gasteiger partial charge is 0.147 e. The number of ether oxygens (including phenoxy) is 1. The first-order valence-electron chi connectivity index (χ1n) is 12.2. The lowest BCUT2D eigenvalue weighted by atomic mass is 10.1. The van der Waals surface area contributed by atoms with Crippen molar-refractivity contribution in [1.29, 1.82) is 0 Å². The van der Waals surface area contributed by atoms with Crippen LogP contribution in [0.3, 0.4) is 0 Å². The summed E-state index contributed by atoms with van der Waals surface area (Å²) < 4.78 is 23.4. The molecule has 0 N–H and O–H groups in total. The zero-order valence-electron chi connectivity index (χ0n) is 20.4. The molecule has 0 unspecified atom stereocenters. The van der Waals surface area contributed by atoms with Crippen molar-refractivity contribution in [2.24, 2.45) is 5.92 Å². The fourth-order valence-electron chi connectivity index (χ4n) is 4.93. The van der Waals surface area contributed by atoms with Gasteiger partial charge in [0.15, 0.2) is 0 Å². The molecular weight excluding hydrogens is 445 g/mol. The Hall–Kier alpha value is -3.46. The van der Waals surface area contributed by atoms with Crippen LogP contribution in [0, 0.1) is 25.6 Å². The Balaban J connectivity index is 1.32. The summed E-state index contributed by atoms with van der Waals surface area (Å²) in [5, 5.41) is 8.74. The van der Waals surface area contributed by atoms with Crippen LogP contribution in [0.4, 0.5) is 10.1 Å². The number of piperazine rings is 1. The molecule has 0 amide bonds. The third-order valence-corrected chi connectivity index (χ3v) is 7.22. The number of imidazole rings is 1. The van der Waals surface area contributed by atoms with Crippen molar-refractivity contribution in [1.82, 2.24) is 29.3 Å². The first-order valence-corrected chi connectivity index (χ1v) is 12.2. The van der Waals surface area contributed by atoms with Gasteiger partial charge in [-0.3, -0.25) is 9.30 Å². The fourth-order valence-corrected chi connectivity index (χ4v) is 4.93. The van der Waals surface area contributed by atoms with Gasteiger partial charge >= 0.3 is 0 Å². The minimum absolute atomic E-state index is 0.219. The zero-order valence-corrected chi connectivity index (χ0v) is 20.4. The number of anilines is 1. The van der Waals surface area contributed by atoms with E-state index in [0.29, 0.717) is 11.3 Å². The maximum absolute atomic E-state index is 13.9. The second-order valence-corrected chi connectivity index (χ2v) is 9.77. The summed E-state index contributed by atoms with van der Waals surface area (Å²) in [6.07, 6.45) is 8.55. The number of halogens is 1. The van der Waals surface area contributed by atoms with Crippen LogP contribution in [0.25, 0.3) is 22.7 Å². The van der Waals surface area contributed by atoms with Crippen molar-refractivity contribution in [3.63, 3.8) is 0 Å². The average molecular weight is 476 g/mol. The van der Waals surface area contributed by atoms with Crippen LogP contribution < -0.4 is 9.64 Å². The molecule has 0 bridgehead atoms. The van der Waals surface area contributed by atoms with Gasteiger partial charge in [0.1, 0.15) is 22.9 Å². The summed E-state index contributed by atoms with van der Waals surface area (Å²) in [7, 11) is 1.71. The molecule has 182 valence electrons. The molecule has 2 aliphatic rings. The Kier molecular flexibility index (Phi) is 5.44. The number of hydrogen-bond donors (Lipinski definition) is 0. The second kappa shape index (κ2) is 8.64. The molecule has 0 spiro atoms. The van der Waals surface area contributed by atoms with Crippen molar-refractivity contribution in [3.8, 4) is 22.8 Å². The van der Waals surface area contributed by atoms with Crippen LogP contribution in [0.15, 0.2) is 36.8 Å². The highest BCUT2D eigenvalue weighted by atomic mass is 19.1. The maximum Gasteiger partial charge on any atom is 0.147 e. The average Bonchev–Trinajstić information content (AvgIpc) is 3.37. The monoisotopic (exact) mass is 475 g/mol. The van der Waals surface area contributed by atoms with Gasteiger partial charge in [0, 0.05) is 45.0 Å². The van der Waals surface area contributed by atoms with E-state index in [1.165, 1.54) is 25.5 Å². The first-order chi connectivity index (χ1) is 17.0. The number of fused-ring (bicyclic) bond motifs is 1. The van der Waals surface area contributed by atoms with Gasteiger partial charge in [-0.15, -0.1) is 5.10 Å². The van der Waals surface area contributed by atoms with Crippen LogP contribution in [0.1, 0.15) is 24.0 Å². The van der Waals surface area contributed by atoms with E-state index in [1.54, 1.807) is 24.8 Å². The zero-order chi connectivity index (χ0) is 24.1. The standard InChI is InChI=1S/C26H30FN7O/c1-17-11-22(18(2)10-20(17)27)34-15-21(29-30-34)23-13-28-26-12-25(35-3)24(16-33(23)26)32-8-6-31(7-9-32)14-19-4-5-19/h10-13,15-16,19H,4-9,14H2,1-3H3. The molecule has 0 atom stereocenters. The van der Waals surface area contributed by atoms with Crippen molar-refractivity contribution in [2.45, 2.75) is 26.7 Å². The third kappa shape index (κ3) is 4.14. The molecule has 2 fully saturated rings. The van der Waals surface area contributed by atoms with Gasteiger partial charge in [0.05, 0.1) is 36.6 Å². The fraction of sp³-hybridized carbons (Fsp3) is 0.423. The van der Waals surface area contributed by atoms with Gasteiger partial charge in [0.25, 0.3) is 0 Å². The highest BCUT2D eigenvalue weighted by Crippen LogP contribution is 2.34. The number of rotatable bonds is 6. The van der Waals surface area contributed by atoms with E-state index in [1.807, 2.05) is 29.8 Å². The van der Waals surface area contributed by atoms with Crippen molar-refractivity contribution >= 4 is 11.3 Å². The molecular formula is C26H30FN7O. The highest BCUT2D eigenvalue weighted by Gasteiger charge is 2.27. The second-order valence-electron chi connectivity index (χ2n) is 9.77. The molecule has 1 saturated carbocycles. The lowest BCUT2D eigenvalue weighted by molar-refractivity contribution is 0.247. The van der Waals surface area contributed by atoms with Gasteiger partial charge in [-0.2, -0.15) is 0 Å². The largest absolute Gasteiger partial charge is 0.494 e. The molecule has 6 rings (SSSR count). The molecule has 4 heterocycles. The summed E-state index contributed by atoms with van der Waals surface area (Å²) in [5.74, 6) is 1.52. The van der Waals surface area contributed by atoms with Crippen LogP contribution >= 0.6 is 0 Å². The number of benzene rings is 1. The van der Waals surface area contributed by atoms with E-state index in [9.17, 15) is 4.39 Å². The molecule has 35 heavy (non-hydrogen) atoms. The van der Waals surface area contributed by atoms with Gasteiger partial charge in [0.2, 0.25) is 0 Å². The molecule has 1 aliphatic heterocycles. The summed E-state index contributed by atoms with van der Waals surface area (Å²) >= 11 is 0. The SMILES string of the molecule is COc1cc2ncc(-c3cn(-c4cc(C)c(F)cc4C)nn3)n2cc1N1CCN(CC2CC2)CC1. The molecule has 4 aromatic rings. The number of aromatic nitrogens is 5. The van der Waals surface area contributed by atoms with Gasteiger partial charge in [-0.05, 0) is 55.9 Å². The maximum atomic E-state index is 13.9. The van der Waals surface area contributed by atoms with Crippen molar-refractivity contribution in [3.05, 3.63) is 53.7 Å². The lowest BCUT2D eigenvalue weighted by Crippen LogP contribution is -2.47. The van der Waals surface area contributed by atoms with E-state index in [0.717, 1.165) is 66.1 Å². The van der Waals surface area contributed by atoms with E-state index in [4.69, 9.17) is 4.74 Å². The summed E-state index contributed by atoms with van der Waals surface area (Å²) in [6.45, 7) is 8.94. The minimum Gasteiger partial charge on any atom is -0.494 e.